The van der Waals surface area contributed by atoms with E-state index in [9.17, 15) is 4.79 Å². The zero-order valence-electron chi connectivity index (χ0n) is 10.9. The van der Waals surface area contributed by atoms with Gasteiger partial charge in [0.2, 0.25) is 0 Å². The molecule has 0 radical (unpaired) electrons. The lowest BCUT2D eigenvalue weighted by Crippen LogP contribution is -2.24. The molecule has 0 aliphatic heterocycles. The second-order valence-corrected chi connectivity index (χ2v) is 5.16. The molecule has 0 aliphatic carbocycles. The number of anilines is 1. The number of hydrogen-bond acceptors (Lipinski definition) is 3. The maximum atomic E-state index is 11.4. The van der Waals surface area contributed by atoms with Gasteiger partial charge < -0.3 is 10.4 Å². The van der Waals surface area contributed by atoms with E-state index in [0.717, 1.165) is 11.4 Å². The van der Waals surface area contributed by atoms with Gasteiger partial charge in [0.15, 0.2) is 5.82 Å². The van der Waals surface area contributed by atoms with Crippen LogP contribution >= 0.6 is 23.2 Å². The van der Waals surface area contributed by atoms with Crippen molar-refractivity contribution >= 4 is 34.9 Å². The molecule has 5 nitrogen and oxygen atoms in total. The number of amides is 1. The first kappa shape index (κ1) is 14.8. The highest BCUT2D eigenvalue weighted by Crippen LogP contribution is 2.25. The summed E-state index contributed by atoms with van der Waals surface area (Å²) in [6.07, 6.45) is -1.09. The lowest BCUT2D eigenvalue weighted by Gasteiger charge is -2.06. The summed E-state index contributed by atoms with van der Waals surface area (Å²) in [5, 5.41) is 16.8. The lowest BCUT2D eigenvalue weighted by atomic mass is 10.3. The molecule has 0 spiro atoms. The van der Waals surface area contributed by atoms with E-state index in [-0.39, 0.29) is 0 Å². The number of nitrogens with one attached hydrogen (secondary N) is 1. The average Bonchev–Trinajstić information content (AvgIpc) is 2.73. The van der Waals surface area contributed by atoms with Gasteiger partial charge in [0, 0.05) is 11.8 Å². The van der Waals surface area contributed by atoms with Gasteiger partial charge in [0.1, 0.15) is 6.10 Å². The van der Waals surface area contributed by atoms with Crippen molar-refractivity contribution in [1.29, 1.82) is 0 Å². The number of benzene rings is 1. The van der Waals surface area contributed by atoms with Gasteiger partial charge in [-0.2, -0.15) is 0 Å². The van der Waals surface area contributed by atoms with Gasteiger partial charge in [0.05, 0.1) is 15.7 Å². The SMILES string of the molecule is Cc1cc(NC(=O)C(C)O)nn1-c1ccc(Cl)c(Cl)c1. The lowest BCUT2D eigenvalue weighted by molar-refractivity contribution is -0.123. The number of carbonyl (C=O) groups is 1. The van der Waals surface area contributed by atoms with Crippen molar-refractivity contribution in [2.75, 3.05) is 5.32 Å². The number of aliphatic hydroxyl groups is 1. The van der Waals surface area contributed by atoms with Gasteiger partial charge in [-0.05, 0) is 32.0 Å². The van der Waals surface area contributed by atoms with Crippen LogP contribution in [0.3, 0.4) is 0 Å². The Hall–Kier alpha value is -1.56. The first-order chi connectivity index (χ1) is 9.38. The maximum Gasteiger partial charge on any atom is 0.254 e. The zero-order valence-corrected chi connectivity index (χ0v) is 12.4. The van der Waals surface area contributed by atoms with E-state index in [0.29, 0.717) is 15.9 Å². The highest BCUT2D eigenvalue weighted by Gasteiger charge is 2.13. The Morgan fingerprint density at radius 3 is 2.65 bits per heavy atom. The minimum Gasteiger partial charge on any atom is -0.384 e. The van der Waals surface area contributed by atoms with Crippen LogP contribution in [0.5, 0.6) is 0 Å². The summed E-state index contributed by atoms with van der Waals surface area (Å²) in [5.41, 5.74) is 1.54. The molecule has 1 aromatic carbocycles. The van der Waals surface area contributed by atoms with Crippen LogP contribution in [0.1, 0.15) is 12.6 Å². The van der Waals surface area contributed by atoms with Gasteiger partial charge in [-0.25, -0.2) is 4.68 Å². The summed E-state index contributed by atoms with van der Waals surface area (Å²) < 4.78 is 1.62. The van der Waals surface area contributed by atoms with E-state index in [1.54, 1.807) is 28.9 Å². The maximum absolute atomic E-state index is 11.4. The molecule has 7 heteroatoms. The van der Waals surface area contributed by atoms with Crippen molar-refractivity contribution in [2.45, 2.75) is 20.0 Å². The van der Waals surface area contributed by atoms with E-state index >= 15 is 0 Å². The van der Waals surface area contributed by atoms with E-state index in [2.05, 4.69) is 10.4 Å². The minimum atomic E-state index is -1.09. The van der Waals surface area contributed by atoms with Crippen LogP contribution in [0.15, 0.2) is 24.3 Å². The molecule has 2 aromatic rings. The van der Waals surface area contributed by atoms with Crippen molar-refractivity contribution in [3.05, 3.63) is 40.0 Å². The standard InChI is InChI=1S/C13H13Cl2N3O2/c1-7-5-12(16-13(20)8(2)19)17-18(7)9-3-4-10(14)11(15)6-9/h3-6,8,19H,1-2H3,(H,16,17,20). The Morgan fingerprint density at radius 1 is 1.35 bits per heavy atom. The quantitative estimate of drug-likeness (QED) is 0.915. The predicted molar refractivity (Wildman–Crippen MR) is 78.6 cm³/mol. The number of aryl methyl sites for hydroxylation is 1. The van der Waals surface area contributed by atoms with Gasteiger partial charge >= 0.3 is 0 Å². The van der Waals surface area contributed by atoms with Crippen LogP contribution in [0.4, 0.5) is 5.82 Å². The molecule has 0 fully saturated rings. The third-order valence-corrected chi connectivity index (χ3v) is 3.40. The van der Waals surface area contributed by atoms with E-state index < -0.39 is 12.0 Å². The van der Waals surface area contributed by atoms with Crippen LogP contribution in [0.2, 0.25) is 10.0 Å². The van der Waals surface area contributed by atoms with Crippen LogP contribution in [0, 0.1) is 6.92 Å². The number of carbonyl (C=O) groups excluding carboxylic acids is 1. The van der Waals surface area contributed by atoms with Crippen LogP contribution < -0.4 is 5.32 Å². The van der Waals surface area contributed by atoms with Crippen LogP contribution in [-0.4, -0.2) is 26.9 Å². The second kappa shape index (κ2) is 5.83. The van der Waals surface area contributed by atoms with Crippen molar-refractivity contribution in [3.63, 3.8) is 0 Å². The summed E-state index contributed by atoms with van der Waals surface area (Å²) >= 11 is 11.8. The molecule has 1 atom stereocenters. The molecule has 1 heterocycles. The summed E-state index contributed by atoms with van der Waals surface area (Å²) in [5.74, 6) is -0.150. The number of aromatic nitrogens is 2. The Labute approximate surface area is 126 Å². The number of hydrogen-bond donors (Lipinski definition) is 2. The minimum absolute atomic E-state index is 0.361. The molecule has 0 aliphatic rings. The third kappa shape index (κ3) is 3.12. The summed E-state index contributed by atoms with van der Waals surface area (Å²) in [7, 11) is 0. The third-order valence-electron chi connectivity index (χ3n) is 2.67. The Balaban J connectivity index is 2.31. The normalized spacial score (nSPS) is 12.2. The largest absolute Gasteiger partial charge is 0.384 e. The Morgan fingerprint density at radius 2 is 2.05 bits per heavy atom. The summed E-state index contributed by atoms with van der Waals surface area (Å²) in [6.45, 7) is 3.23. The van der Waals surface area contributed by atoms with Crippen molar-refractivity contribution in [2.24, 2.45) is 0 Å². The van der Waals surface area contributed by atoms with Crippen LogP contribution in [0.25, 0.3) is 5.69 Å². The molecule has 0 saturated heterocycles. The highest BCUT2D eigenvalue weighted by molar-refractivity contribution is 6.42. The molecule has 20 heavy (non-hydrogen) atoms. The van der Waals surface area contributed by atoms with Gasteiger partial charge in [-0.3, -0.25) is 4.79 Å². The zero-order chi connectivity index (χ0) is 14.9. The van der Waals surface area contributed by atoms with E-state index in [1.165, 1.54) is 6.92 Å². The topological polar surface area (TPSA) is 67.2 Å². The molecule has 1 aromatic heterocycles. The molecule has 0 saturated carbocycles. The average molecular weight is 314 g/mol. The number of nitrogens with zero attached hydrogens (tertiary/aromatic N) is 2. The fourth-order valence-electron chi connectivity index (χ4n) is 1.64. The molecule has 2 N–H and O–H groups in total. The summed E-state index contributed by atoms with van der Waals surface area (Å²) in [6, 6.07) is 6.83. The number of rotatable bonds is 3. The van der Waals surface area contributed by atoms with Gasteiger partial charge in [-0.15, -0.1) is 5.10 Å². The Kier molecular flexibility index (Phi) is 4.32. The molecule has 1 unspecified atom stereocenters. The van der Waals surface area contributed by atoms with Crippen molar-refractivity contribution in [1.82, 2.24) is 9.78 Å². The first-order valence-electron chi connectivity index (χ1n) is 5.89. The van der Waals surface area contributed by atoms with Crippen LogP contribution in [-0.2, 0) is 4.79 Å². The fourth-order valence-corrected chi connectivity index (χ4v) is 1.94. The van der Waals surface area contributed by atoms with Gasteiger partial charge in [0.25, 0.3) is 5.91 Å². The van der Waals surface area contributed by atoms with Gasteiger partial charge in [-0.1, -0.05) is 23.2 Å². The number of aliphatic hydroxyl groups excluding tert-OH is 1. The molecular formula is C13H13Cl2N3O2. The first-order valence-corrected chi connectivity index (χ1v) is 6.65. The molecule has 2 rings (SSSR count). The summed E-state index contributed by atoms with van der Waals surface area (Å²) in [4.78, 5) is 11.4. The number of halogens is 2. The fraction of sp³-hybridized carbons (Fsp3) is 0.231. The van der Waals surface area contributed by atoms with Crippen molar-refractivity contribution < 1.29 is 9.90 Å². The predicted octanol–water partition coefficient (Wildman–Crippen LogP) is 2.81. The highest BCUT2D eigenvalue weighted by atomic mass is 35.5. The van der Waals surface area contributed by atoms with E-state index in [1.807, 2.05) is 6.92 Å². The molecular weight excluding hydrogens is 301 g/mol. The molecule has 1 amide bonds. The smallest absolute Gasteiger partial charge is 0.254 e. The molecule has 106 valence electrons. The Bertz CT molecular complexity index is 653. The monoisotopic (exact) mass is 313 g/mol. The van der Waals surface area contributed by atoms with E-state index in [4.69, 9.17) is 28.3 Å². The van der Waals surface area contributed by atoms with Crippen molar-refractivity contribution in [3.8, 4) is 5.69 Å². The second-order valence-electron chi connectivity index (χ2n) is 4.35. The molecule has 0 bridgehead atoms.